The van der Waals surface area contributed by atoms with Gasteiger partial charge in [0, 0.05) is 6.42 Å². The second kappa shape index (κ2) is 6.14. The molecule has 0 aromatic heterocycles. The number of carbonyl (C=O) groups excluding carboxylic acids is 1. The van der Waals surface area contributed by atoms with Crippen molar-refractivity contribution in [2.75, 3.05) is 0 Å². The lowest BCUT2D eigenvalue weighted by molar-refractivity contribution is -0.151. The third-order valence-corrected chi connectivity index (χ3v) is 3.44. The highest BCUT2D eigenvalue weighted by Gasteiger charge is 2.20. The van der Waals surface area contributed by atoms with E-state index in [1.807, 2.05) is 6.92 Å². The summed E-state index contributed by atoms with van der Waals surface area (Å²) in [6.07, 6.45) is 7.04. The van der Waals surface area contributed by atoms with Crippen LogP contribution in [0.4, 0.5) is 0 Å². The molecular weight excluding hydrogens is 188 g/mol. The Kier molecular flexibility index (Phi) is 5.13. The molecule has 0 spiro atoms. The first-order valence-electron chi connectivity index (χ1n) is 6.29. The Hall–Kier alpha value is -0.530. The van der Waals surface area contributed by atoms with Gasteiger partial charge in [-0.25, -0.2) is 0 Å². The molecule has 2 heteroatoms. The summed E-state index contributed by atoms with van der Waals surface area (Å²) in [5.74, 6) is 1.01. The van der Waals surface area contributed by atoms with Gasteiger partial charge in [0.1, 0.15) is 6.10 Å². The molecule has 2 nitrogen and oxygen atoms in total. The number of hydrogen-bond donors (Lipinski definition) is 0. The van der Waals surface area contributed by atoms with Crippen molar-refractivity contribution in [3.05, 3.63) is 0 Å². The van der Waals surface area contributed by atoms with E-state index in [9.17, 15) is 4.79 Å². The summed E-state index contributed by atoms with van der Waals surface area (Å²) >= 11 is 0. The average molecular weight is 212 g/mol. The molecule has 0 heterocycles. The highest BCUT2D eigenvalue weighted by molar-refractivity contribution is 5.69. The summed E-state index contributed by atoms with van der Waals surface area (Å²) < 4.78 is 5.38. The third kappa shape index (κ3) is 4.67. The van der Waals surface area contributed by atoms with Gasteiger partial charge < -0.3 is 4.74 Å². The summed E-state index contributed by atoms with van der Waals surface area (Å²) in [5.41, 5.74) is 0. The smallest absolute Gasteiger partial charge is 0.306 e. The average Bonchev–Trinajstić information content (AvgIpc) is 2.18. The molecule has 0 amide bonds. The molecule has 0 radical (unpaired) electrons. The van der Waals surface area contributed by atoms with Crippen LogP contribution in [0.15, 0.2) is 0 Å². The third-order valence-electron chi connectivity index (χ3n) is 3.44. The fraction of sp³-hybridized carbons (Fsp3) is 0.923. The quantitative estimate of drug-likeness (QED) is 0.666. The summed E-state index contributed by atoms with van der Waals surface area (Å²) in [5, 5.41) is 0. The second-order valence-corrected chi connectivity index (χ2v) is 5.15. The van der Waals surface area contributed by atoms with Crippen molar-refractivity contribution in [2.45, 2.75) is 65.4 Å². The molecule has 1 unspecified atom stereocenters. The maximum absolute atomic E-state index is 11.6. The fourth-order valence-electron chi connectivity index (χ4n) is 2.02. The lowest BCUT2D eigenvalue weighted by Gasteiger charge is -2.22. The van der Waals surface area contributed by atoms with Gasteiger partial charge in [-0.05, 0) is 31.6 Å². The lowest BCUT2D eigenvalue weighted by Crippen LogP contribution is -2.22. The second-order valence-electron chi connectivity index (χ2n) is 5.15. The van der Waals surface area contributed by atoms with Gasteiger partial charge in [-0.2, -0.15) is 0 Å². The highest BCUT2D eigenvalue weighted by Crippen LogP contribution is 2.26. The molecule has 0 aliphatic heterocycles. The Morgan fingerprint density at radius 2 is 1.80 bits per heavy atom. The van der Waals surface area contributed by atoms with Crippen LogP contribution in [0, 0.1) is 11.8 Å². The Bertz CT molecular complexity index is 193. The SMILES string of the molecule is CC(C)C(C)OC(=O)CC1CCCCC1. The number of hydrogen-bond acceptors (Lipinski definition) is 2. The van der Waals surface area contributed by atoms with Crippen molar-refractivity contribution in [3.8, 4) is 0 Å². The predicted octanol–water partition coefficient (Wildman–Crippen LogP) is 3.54. The zero-order valence-electron chi connectivity index (χ0n) is 10.3. The van der Waals surface area contributed by atoms with Crippen molar-refractivity contribution in [3.63, 3.8) is 0 Å². The number of esters is 1. The van der Waals surface area contributed by atoms with Crippen LogP contribution in [-0.4, -0.2) is 12.1 Å². The van der Waals surface area contributed by atoms with E-state index < -0.39 is 0 Å². The van der Waals surface area contributed by atoms with E-state index >= 15 is 0 Å². The minimum Gasteiger partial charge on any atom is -0.462 e. The Balaban J connectivity index is 2.22. The van der Waals surface area contributed by atoms with Gasteiger partial charge in [0.25, 0.3) is 0 Å². The molecule has 1 saturated carbocycles. The Morgan fingerprint density at radius 3 is 2.33 bits per heavy atom. The van der Waals surface area contributed by atoms with Gasteiger partial charge in [0.05, 0.1) is 0 Å². The molecule has 1 rings (SSSR count). The molecule has 15 heavy (non-hydrogen) atoms. The minimum atomic E-state index is 0.00287. The monoisotopic (exact) mass is 212 g/mol. The maximum Gasteiger partial charge on any atom is 0.306 e. The van der Waals surface area contributed by atoms with Gasteiger partial charge in [-0.1, -0.05) is 33.1 Å². The largest absolute Gasteiger partial charge is 0.462 e. The molecule has 88 valence electrons. The van der Waals surface area contributed by atoms with Crippen LogP contribution in [0.3, 0.4) is 0 Å². The first-order valence-corrected chi connectivity index (χ1v) is 6.29. The number of rotatable bonds is 4. The Labute approximate surface area is 93.4 Å². The fourth-order valence-corrected chi connectivity index (χ4v) is 2.02. The number of carbonyl (C=O) groups is 1. The molecule has 0 bridgehead atoms. The van der Waals surface area contributed by atoms with Crippen LogP contribution in [0.1, 0.15) is 59.3 Å². The topological polar surface area (TPSA) is 26.3 Å². The van der Waals surface area contributed by atoms with E-state index in [4.69, 9.17) is 4.74 Å². The highest BCUT2D eigenvalue weighted by atomic mass is 16.5. The van der Waals surface area contributed by atoms with Gasteiger partial charge in [0.2, 0.25) is 0 Å². The summed E-state index contributed by atoms with van der Waals surface area (Å²) in [4.78, 5) is 11.6. The van der Waals surface area contributed by atoms with E-state index in [0.29, 0.717) is 18.3 Å². The van der Waals surface area contributed by atoms with Crippen molar-refractivity contribution < 1.29 is 9.53 Å². The molecule has 0 aromatic rings. The summed E-state index contributed by atoms with van der Waals surface area (Å²) in [7, 11) is 0. The van der Waals surface area contributed by atoms with Crippen LogP contribution < -0.4 is 0 Å². The van der Waals surface area contributed by atoms with Crippen LogP contribution in [0.25, 0.3) is 0 Å². The first kappa shape index (κ1) is 12.5. The molecule has 1 atom stereocenters. The summed E-state index contributed by atoms with van der Waals surface area (Å²) in [6.45, 7) is 6.14. The van der Waals surface area contributed by atoms with Crippen LogP contribution in [0.5, 0.6) is 0 Å². The van der Waals surface area contributed by atoms with Crippen molar-refractivity contribution >= 4 is 5.97 Å². The first-order chi connectivity index (χ1) is 7.09. The van der Waals surface area contributed by atoms with Crippen LogP contribution in [-0.2, 0) is 9.53 Å². The molecule has 1 aliphatic carbocycles. The zero-order chi connectivity index (χ0) is 11.3. The zero-order valence-corrected chi connectivity index (χ0v) is 10.3. The van der Waals surface area contributed by atoms with Crippen molar-refractivity contribution in [2.24, 2.45) is 11.8 Å². The lowest BCUT2D eigenvalue weighted by atomic mass is 9.87. The van der Waals surface area contributed by atoms with E-state index in [1.54, 1.807) is 0 Å². The molecule has 1 aliphatic rings. The van der Waals surface area contributed by atoms with Gasteiger partial charge in [-0.15, -0.1) is 0 Å². The van der Waals surface area contributed by atoms with Gasteiger partial charge in [0.15, 0.2) is 0 Å². The van der Waals surface area contributed by atoms with E-state index in [-0.39, 0.29) is 12.1 Å². The maximum atomic E-state index is 11.6. The van der Waals surface area contributed by atoms with E-state index in [1.165, 1.54) is 32.1 Å². The molecule has 0 aromatic carbocycles. The standard InChI is InChI=1S/C13H24O2/c1-10(2)11(3)15-13(14)9-12-7-5-4-6-8-12/h10-12H,4-9H2,1-3H3. The van der Waals surface area contributed by atoms with Crippen LogP contribution >= 0.6 is 0 Å². The molecule has 1 fully saturated rings. The molecular formula is C13H24O2. The van der Waals surface area contributed by atoms with Gasteiger partial charge >= 0.3 is 5.97 Å². The van der Waals surface area contributed by atoms with E-state index in [0.717, 1.165) is 0 Å². The Morgan fingerprint density at radius 1 is 1.20 bits per heavy atom. The van der Waals surface area contributed by atoms with Crippen LogP contribution in [0.2, 0.25) is 0 Å². The summed E-state index contributed by atoms with van der Waals surface area (Å²) in [6, 6.07) is 0. The van der Waals surface area contributed by atoms with E-state index in [2.05, 4.69) is 13.8 Å². The van der Waals surface area contributed by atoms with Crippen molar-refractivity contribution in [1.82, 2.24) is 0 Å². The van der Waals surface area contributed by atoms with Gasteiger partial charge in [-0.3, -0.25) is 4.79 Å². The molecule has 0 N–H and O–H groups in total. The molecule has 0 saturated heterocycles. The number of ether oxygens (including phenoxy) is 1. The van der Waals surface area contributed by atoms with Crippen molar-refractivity contribution in [1.29, 1.82) is 0 Å². The normalized spacial score (nSPS) is 20.3. The predicted molar refractivity (Wildman–Crippen MR) is 61.6 cm³/mol. The minimum absolute atomic E-state index is 0.00287.